The number of amides is 1. The number of benzene rings is 2. The van der Waals surface area contributed by atoms with Gasteiger partial charge in [0.05, 0.1) is 17.0 Å². The third-order valence-electron chi connectivity index (χ3n) is 6.50. The maximum atomic E-state index is 13.8. The van der Waals surface area contributed by atoms with Gasteiger partial charge in [0.15, 0.2) is 5.16 Å². The number of rotatable bonds is 5. The van der Waals surface area contributed by atoms with Crippen LogP contribution in [0.2, 0.25) is 0 Å². The molecule has 2 atom stereocenters. The number of nitrogens with one attached hydrogen (secondary N) is 1. The number of anilines is 1. The van der Waals surface area contributed by atoms with Crippen molar-refractivity contribution in [1.29, 1.82) is 0 Å². The topological polar surface area (TPSA) is 64.0 Å². The Labute approximate surface area is 216 Å². The van der Waals surface area contributed by atoms with E-state index in [1.165, 1.54) is 18.2 Å². The third kappa shape index (κ3) is 4.60. The fraction of sp³-hybridized carbons (Fsp3) is 0.346. The zero-order valence-corrected chi connectivity index (χ0v) is 22.4. The smallest absolute Gasteiger partial charge is 0.263 e. The molecule has 0 bridgehead atoms. The Hall–Kier alpha value is -2.03. The minimum atomic E-state index is -0.116. The molecular weight excluding hydrogens is 530 g/mol. The number of aryl methyl sites for hydroxylation is 2. The number of fused-ring (bicyclic) bond motifs is 3. The summed E-state index contributed by atoms with van der Waals surface area (Å²) >= 11 is 6.57. The average molecular weight is 557 g/mol. The quantitative estimate of drug-likeness (QED) is 0.222. The van der Waals surface area contributed by atoms with Crippen LogP contribution in [-0.2, 0) is 4.79 Å². The van der Waals surface area contributed by atoms with Gasteiger partial charge in [-0.05, 0) is 62.1 Å². The molecule has 1 amide bonds. The number of thioether (sulfide) groups is 2. The standard InChI is InChI=1S/C26H26BrN3O2S2/c1-15-12-17(27)13-16(2)23(15)28-21(31)14-33-26-29-24-22(19-10-6-7-11-20(19)34-24)25(32)30(26)18-8-4-3-5-9-18/h3-5,8-9,12-13,19-20H,6-7,10-11,14H2,1-2H3,(H,28,31)/t19-,20-/m0/s1. The highest BCUT2D eigenvalue weighted by Gasteiger charge is 2.39. The maximum Gasteiger partial charge on any atom is 0.263 e. The van der Waals surface area contributed by atoms with Gasteiger partial charge in [0.2, 0.25) is 5.91 Å². The van der Waals surface area contributed by atoms with E-state index in [1.54, 1.807) is 16.3 Å². The molecule has 0 saturated heterocycles. The summed E-state index contributed by atoms with van der Waals surface area (Å²) in [7, 11) is 0. The number of carbonyl (C=O) groups is 1. The van der Waals surface area contributed by atoms with Crippen LogP contribution in [0.5, 0.6) is 0 Å². The Morgan fingerprint density at radius 1 is 1.18 bits per heavy atom. The van der Waals surface area contributed by atoms with Crippen molar-refractivity contribution in [2.24, 2.45) is 0 Å². The van der Waals surface area contributed by atoms with E-state index >= 15 is 0 Å². The Morgan fingerprint density at radius 3 is 2.62 bits per heavy atom. The van der Waals surface area contributed by atoms with Crippen LogP contribution in [0.4, 0.5) is 5.69 Å². The molecule has 0 unspecified atom stereocenters. The molecule has 1 aromatic heterocycles. The Morgan fingerprint density at radius 2 is 1.88 bits per heavy atom. The molecule has 34 heavy (non-hydrogen) atoms. The first-order chi connectivity index (χ1) is 16.4. The van der Waals surface area contributed by atoms with Crippen LogP contribution in [0.1, 0.15) is 48.3 Å². The lowest BCUT2D eigenvalue weighted by molar-refractivity contribution is -0.113. The first-order valence-corrected chi connectivity index (χ1v) is 14.2. The lowest BCUT2D eigenvalue weighted by Gasteiger charge is -2.24. The third-order valence-corrected chi connectivity index (χ3v) is 9.30. The molecule has 1 aliphatic carbocycles. The Bertz CT molecular complexity index is 1290. The largest absolute Gasteiger partial charge is 0.325 e. The molecule has 1 fully saturated rings. The maximum absolute atomic E-state index is 13.8. The predicted octanol–water partition coefficient (Wildman–Crippen LogP) is 6.47. The van der Waals surface area contributed by atoms with Crippen LogP contribution in [0, 0.1) is 13.8 Å². The lowest BCUT2D eigenvalue weighted by atomic mass is 9.85. The summed E-state index contributed by atoms with van der Waals surface area (Å²) in [6.45, 7) is 3.96. The van der Waals surface area contributed by atoms with Gasteiger partial charge in [-0.25, -0.2) is 4.98 Å². The van der Waals surface area contributed by atoms with Gasteiger partial charge in [-0.1, -0.05) is 58.7 Å². The molecule has 5 nitrogen and oxygen atoms in total. The van der Waals surface area contributed by atoms with Crippen LogP contribution in [-0.4, -0.2) is 26.5 Å². The second-order valence-electron chi connectivity index (χ2n) is 8.89. The zero-order valence-electron chi connectivity index (χ0n) is 19.1. The van der Waals surface area contributed by atoms with E-state index < -0.39 is 0 Å². The minimum Gasteiger partial charge on any atom is -0.325 e. The second kappa shape index (κ2) is 9.91. The molecular formula is C26H26BrN3O2S2. The molecule has 3 aromatic rings. The minimum absolute atomic E-state index is 0.0145. The van der Waals surface area contributed by atoms with Crippen molar-refractivity contribution >= 4 is 51.0 Å². The molecule has 5 rings (SSSR count). The van der Waals surface area contributed by atoms with Crippen molar-refractivity contribution in [2.75, 3.05) is 11.1 Å². The van der Waals surface area contributed by atoms with Crippen molar-refractivity contribution in [2.45, 2.75) is 60.9 Å². The van der Waals surface area contributed by atoms with E-state index in [1.807, 2.05) is 56.3 Å². The predicted molar refractivity (Wildman–Crippen MR) is 144 cm³/mol. The zero-order chi connectivity index (χ0) is 23.8. The van der Waals surface area contributed by atoms with Gasteiger partial charge in [-0.15, -0.1) is 11.8 Å². The first kappa shape index (κ1) is 23.7. The van der Waals surface area contributed by atoms with Crippen molar-refractivity contribution in [3.63, 3.8) is 0 Å². The van der Waals surface area contributed by atoms with E-state index in [4.69, 9.17) is 4.98 Å². The van der Waals surface area contributed by atoms with Crippen molar-refractivity contribution < 1.29 is 4.79 Å². The van der Waals surface area contributed by atoms with Gasteiger partial charge in [0, 0.05) is 21.3 Å². The molecule has 1 N–H and O–H groups in total. The fourth-order valence-electron chi connectivity index (χ4n) is 4.93. The van der Waals surface area contributed by atoms with Crippen molar-refractivity contribution in [1.82, 2.24) is 9.55 Å². The van der Waals surface area contributed by atoms with Crippen LogP contribution in [0.15, 0.2) is 61.9 Å². The summed E-state index contributed by atoms with van der Waals surface area (Å²) < 4.78 is 2.69. The lowest BCUT2D eigenvalue weighted by Crippen LogP contribution is -2.29. The first-order valence-electron chi connectivity index (χ1n) is 11.5. The molecule has 2 heterocycles. The van der Waals surface area contributed by atoms with E-state index in [0.29, 0.717) is 10.4 Å². The number of para-hydroxylation sites is 1. The van der Waals surface area contributed by atoms with Gasteiger partial charge in [-0.3, -0.25) is 14.2 Å². The number of aromatic nitrogens is 2. The molecule has 1 saturated carbocycles. The van der Waals surface area contributed by atoms with Gasteiger partial charge in [-0.2, -0.15) is 0 Å². The van der Waals surface area contributed by atoms with Gasteiger partial charge in [0.1, 0.15) is 5.03 Å². The van der Waals surface area contributed by atoms with Crippen molar-refractivity contribution in [3.8, 4) is 5.69 Å². The van der Waals surface area contributed by atoms with Gasteiger partial charge >= 0.3 is 0 Å². The monoisotopic (exact) mass is 555 g/mol. The SMILES string of the molecule is Cc1cc(Br)cc(C)c1NC(=O)CSc1nc2c(c(=O)n1-c1ccccc1)[C@H]1CCCC[C@@H]1S2. The van der Waals surface area contributed by atoms with Crippen LogP contribution >= 0.6 is 39.5 Å². The molecule has 1 aliphatic heterocycles. The fourth-order valence-corrected chi connectivity index (χ4v) is 7.99. The molecule has 0 spiro atoms. The van der Waals surface area contributed by atoms with E-state index in [0.717, 1.165) is 56.8 Å². The summed E-state index contributed by atoms with van der Waals surface area (Å²) in [4.78, 5) is 31.6. The van der Waals surface area contributed by atoms with Crippen LogP contribution < -0.4 is 10.9 Å². The summed E-state index contributed by atoms with van der Waals surface area (Å²) in [5.41, 5.74) is 4.50. The normalized spacial score (nSPS) is 18.9. The number of carbonyl (C=O) groups excluding carboxylic acids is 1. The Kier molecular flexibility index (Phi) is 6.91. The highest BCUT2D eigenvalue weighted by Crippen LogP contribution is 2.50. The summed E-state index contributed by atoms with van der Waals surface area (Å²) in [6, 6.07) is 13.6. The van der Waals surface area contributed by atoms with Gasteiger partial charge in [0.25, 0.3) is 5.56 Å². The number of nitrogens with zero attached hydrogens (tertiary/aromatic N) is 2. The molecule has 176 valence electrons. The number of hydrogen-bond donors (Lipinski definition) is 1. The number of hydrogen-bond acceptors (Lipinski definition) is 5. The summed E-state index contributed by atoms with van der Waals surface area (Å²) in [5, 5.41) is 4.91. The summed E-state index contributed by atoms with van der Waals surface area (Å²) in [5.74, 6) is 0.341. The highest BCUT2D eigenvalue weighted by molar-refractivity contribution is 9.10. The molecule has 2 aliphatic rings. The average Bonchev–Trinajstić information content (AvgIpc) is 3.19. The summed E-state index contributed by atoms with van der Waals surface area (Å²) in [6.07, 6.45) is 4.56. The molecule has 8 heteroatoms. The van der Waals surface area contributed by atoms with Gasteiger partial charge < -0.3 is 5.32 Å². The van der Waals surface area contributed by atoms with Crippen LogP contribution in [0.25, 0.3) is 5.69 Å². The van der Waals surface area contributed by atoms with Crippen molar-refractivity contribution in [3.05, 3.63) is 74.0 Å². The molecule has 0 radical (unpaired) electrons. The Balaban J connectivity index is 1.45. The van der Waals surface area contributed by atoms with E-state index in [-0.39, 0.29) is 23.1 Å². The van der Waals surface area contributed by atoms with E-state index in [2.05, 4.69) is 21.2 Å². The number of halogens is 1. The second-order valence-corrected chi connectivity index (χ2v) is 12.0. The molecule has 2 aromatic carbocycles. The van der Waals surface area contributed by atoms with E-state index in [9.17, 15) is 9.59 Å². The highest BCUT2D eigenvalue weighted by atomic mass is 79.9. The van der Waals surface area contributed by atoms with Crippen LogP contribution in [0.3, 0.4) is 0 Å².